The van der Waals surface area contributed by atoms with Crippen molar-refractivity contribution in [2.75, 3.05) is 49.5 Å². The molecule has 2 aliphatic rings. The number of para-hydroxylation sites is 2. The molecule has 10 nitrogen and oxygen atoms in total. The molecule has 1 saturated heterocycles. The molecule has 1 aromatic heterocycles. The minimum atomic E-state index is -0.0866. The lowest BCUT2D eigenvalue weighted by Crippen LogP contribution is -2.51. The second-order valence-corrected chi connectivity index (χ2v) is 10.2. The molecule has 2 aromatic carbocycles. The Morgan fingerprint density at radius 2 is 1.87 bits per heavy atom. The number of aliphatic hydroxyl groups is 1. The Morgan fingerprint density at radius 3 is 2.64 bits per heavy atom. The molecular weight excluding hydrogens is 494 g/mol. The molecule has 10 heteroatoms. The van der Waals surface area contributed by atoms with Gasteiger partial charge in [-0.25, -0.2) is 4.79 Å². The zero-order valence-corrected chi connectivity index (χ0v) is 22.7. The molecule has 39 heavy (non-hydrogen) atoms. The summed E-state index contributed by atoms with van der Waals surface area (Å²) in [5, 5.41) is 19.8. The summed E-state index contributed by atoms with van der Waals surface area (Å²) in [4.78, 5) is 32.5. The van der Waals surface area contributed by atoms with Gasteiger partial charge in [0, 0.05) is 57.5 Å². The van der Waals surface area contributed by atoms with Gasteiger partial charge < -0.3 is 25.5 Å². The van der Waals surface area contributed by atoms with Crippen LogP contribution in [0.25, 0.3) is 0 Å². The Kier molecular flexibility index (Phi) is 8.13. The molecule has 3 amide bonds. The van der Waals surface area contributed by atoms with Gasteiger partial charge in [0.15, 0.2) is 0 Å². The van der Waals surface area contributed by atoms with Gasteiger partial charge in [0.2, 0.25) is 0 Å². The van der Waals surface area contributed by atoms with Crippen LogP contribution in [0, 0.1) is 6.92 Å². The van der Waals surface area contributed by atoms with E-state index in [9.17, 15) is 9.59 Å². The van der Waals surface area contributed by atoms with E-state index >= 15 is 0 Å². The van der Waals surface area contributed by atoms with E-state index < -0.39 is 0 Å². The number of carbonyl (C=O) groups excluding carboxylic acids is 2. The number of unbranched alkanes of at least 4 members (excludes halogenated alkanes) is 1. The second kappa shape index (κ2) is 11.9. The van der Waals surface area contributed by atoms with E-state index in [1.807, 2.05) is 61.3 Å². The fourth-order valence-electron chi connectivity index (χ4n) is 5.23. The van der Waals surface area contributed by atoms with Crippen molar-refractivity contribution in [3.05, 3.63) is 70.9 Å². The van der Waals surface area contributed by atoms with Crippen molar-refractivity contribution in [1.29, 1.82) is 0 Å². The monoisotopic (exact) mass is 531 g/mol. The summed E-state index contributed by atoms with van der Waals surface area (Å²) in [5.41, 5.74) is 5.16. The predicted molar refractivity (Wildman–Crippen MR) is 151 cm³/mol. The molecule has 3 aromatic rings. The number of aromatic nitrogens is 2. The van der Waals surface area contributed by atoms with Crippen molar-refractivity contribution in [3.8, 4) is 0 Å². The van der Waals surface area contributed by atoms with E-state index in [1.165, 1.54) is 0 Å². The third kappa shape index (κ3) is 5.91. The SMILES string of the molecule is Cc1cc(C(=O)N2Cc3cnn(C)c3Nc3ccccc32)ccc1CNC(=O)N1CCN(CCCCO)CC1. The first-order valence-corrected chi connectivity index (χ1v) is 13.6. The molecule has 206 valence electrons. The molecule has 0 atom stereocenters. The lowest BCUT2D eigenvalue weighted by molar-refractivity contribution is 0.0985. The van der Waals surface area contributed by atoms with Gasteiger partial charge in [-0.3, -0.25) is 14.4 Å². The number of nitrogens with zero attached hydrogens (tertiary/aromatic N) is 5. The number of aryl methyl sites for hydroxylation is 2. The smallest absolute Gasteiger partial charge is 0.317 e. The van der Waals surface area contributed by atoms with Gasteiger partial charge in [0.25, 0.3) is 5.91 Å². The molecule has 0 radical (unpaired) electrons. The topological polar surface area (TPSA) is 106 Å². The maximum absolute atomic E-state index is 13.8. The molecule has 2 aliphatic heterocycles. The van der Waals surface area contributed by atoms with Crippen molar-refractivity contribution in [3.63, 3.8) is 0 Å². The van der Waals surface area contributed by atoms with Gasteiger partial charge >= 0.3 is 6.03 Å². The molecule has 0 unspecified atom stereocenters. The van der Waals surface area contributed by atoms with Gasteiger partial charge in [-0.1, -0.05) is 18.2 Å². The quantitative estimate of drug-likeness (QED) is 0.405. The molecule has 0 bridgehead atoms. The molecule has 0 saturated carbocycles. The zero-order valence-electron chi connectivity index (χ0n) is 22.7. The van der Waals surface area contributed by atoms with Crippen LogP contribution < -0.4 is 15.5 Å². The number of carbonyl (C=O) groups is 2. The van der Waals surface area contributed by atoms with Crippen LogP contribution in [0.1, 0.15) is 39.9 Å². The highest BCUT2D eigenvalue weighted by molar-refractivity contribution is 6.08. The molecule has 3 heterocycles. The first-order valence-electron chi connectivity index (χ1n) is 13.6. The van der Waals surface area contributed by atoms with Crippen LogP contribution in [0.15, 0.2) is 48.7 Å². The fourth-order valence-corrected chi connectivity index (χ4v) is 5.23. The van der Waals surface area contributed by atoms with Crippen molar-refractivity contribution >= 4 is 29.1 Å². The summed E-state index contributed by atoms with van der Waals surface area (Å²) in [6, 6.07) is 13.4. The van der Waals surface area contributed by atoms with Crippen LogP contribution in [-0.4, -0.2) is 76.0 Å². The van der Waals surface area contributed by atoms with Crippen molar-refractivity contribution in [2.24, 2.45) is 7.05 Å². The number of piperazine rings is 1. The van der Waals surface area contributed by atoms with Crippen molar-refractivity contribution in [1.82, 2.24) is 24.9 Å². The molecule has 3 N–H and O–H groups in total. The summed E-state index contributed by atoms with van der Waals surface area (Å²) < 4.78 is 1.78. The average molecular weight is 532 g/mol. The number of fused-ring (bicyclic) bond motifs is 2. The number of urea groups is 1. The lowest BCUT2D eigenvalue weighted by atomic mass is 10.0. The van der Waals surface area contributed by atoms with Crippen LogP contribution in [0.3, 0.4) is 0 Å². The Hall–Kier alpha value is -3.89. The Labute approximate surface area is 229 Å². The number of hydrogen-bond acceptors (Lipinski definition) is 6. The minimum Gasteiger partial charge on any atom is -0.396 e. The standard InChI is InChI=1S/C29H37N7O3/c1-21-17-22(9-10-23(21)18-30-29(39)35-14-12-34(13-15-35)11-5-6-16-37)28(38)36-20-24-19-31-33(2)27(24)32-25-7-3-4-8-26(25)36/h3-4,7-10,17,19,32,37H,5-6,11-16,18,20H2,1-2H3,(H,30,39). The first-order chi connectivity index (χ1) is 18.9. The Balaban J connectivity index is 1.22. The average Bonchev–Trinajstić information content (AvgIpc) is 3.19. The van der Waals surface area contributed by atoms with Crippen molar-refractivity contribution < 1.29 is 14.7 Å². The largest absolute Gasteiger partial charge is 0.396 e. The predicted octanol–water partition coefficient (Wildman–Crippen LogP) is 3.23. The first kappa shape index (κ1) is 26.7. The summed E-state index contributed by atoms with van der Waals surface area (Å²) in [6.07, 6.45) is 3.59. The van der Waals surface area contributed by atoms with Crippen LogP contribution in [0.2, 0.25) is 0 Å². The van der Waals surface area contributed by atoms with E-state index in [2.05, 4.69) is 20.6 Å². The normalized spacial score (nSPS) is 15.3. The number of nitrogens with one attached hydrogen (secondary N) is 2. The number of amides is 3. The highest BCUT2D eigenvalue weighted by Gasteiger charge is 2.27. The lowest BCUT2D eigenvalue weighted by Gasteiger charge is -2.34. The highest BCUT2D eigenvalue weighted by Crippen LogP contribution is 2.36. The van der Waals surface area contributed by atoms with E-state index in [4.69, 9.17) is 5.11 Å². The number of benzene rings is 2. The number of rotatable bonds is 7. The van der Waals surface area contributed by atoms with Gasteiger partial charge in [-0.2, -0.15) is 5.10 Å². The highest BCUT2D eigenvalue weighted by atomic mass is 16.3. The summed E-state index contributed by atoms with van der Waals surface area (Å²) >= 11 is 0. The number of hydrogen-bond donors (Lipinski definition) is 3. The maximum atomic E-state index is 13.8. The van der Waals surface area contributed by atoms with Crippen LogP contribution in [0.5, 0.6) is 0 Å². The zero-order chi connectivity index (χ0) is 27.4. The molecule has 0 spiro atoms. The Bertz CT molecular complexity index is 1330. The summed E-state index contributed by atoms with van der Waals surface area (Å²) in [6.45, 7) is 7.08. The summed E-state index contributed by atoms with van der Waals surface area (Å²) in [5.74, 6) is 0.791. The maximum Gasteiger partial charge on any atom is 0.317 e. The van der Waals surface area contributed by atoms with Gasteiger partial charge in [0.1, 0.15) is 5.82 Å². The van der Waals surface area contributed by atoms with Crippen LogP contribution in [0.4, 0.5) is 22.0 Å². The second-order valence-electron chi connectivity index (χ2n) is 10.2. The number of anilines is 3. The van der Waals surface area contributed by atoms with Gasteiger partial charge in [-0.05, 0) is 61.7 Å². The van der Waals surface area contributed by atoms with E-state index in [0.29, 0.717) is 31.7 Å². The minimum absolute atomic E-state index is 0.0643. The fraction of sp³-hybridized carbons (Fsp3) is 0.414. The summed E-state index contributed by atoms with van der Waals surface area (Å²) in [7, 11) is 1.88. The number of aliphatic hydroxyl groups excluding tert-OH is 1. The van der Waals surface area contributed by atoms with Gasteiger partial charge in [-0.15, -0.1) is 0 Å². The van der Waals surface area contributed by atoms with E-state index in [0.717, 1.165) is 66.4 Å². The third-order valence-electron chi connectivity index (χ3n) is 7.60. The third-order valence-corrected chi connectivity index (χ3v) is 7.60. The van der Waals surface area contributed by atoms with Crippen LogP contribution >= 0.6 is 0 Å². The van der Waals surface area contributed by atoms with E-state index in [1.54, 1.807) is 15.8 Å². The molecule has 5 rings (SSSR count). The molecule has 0 aliphatic carbocycles. The Morgan fingerprint density at radius 1 is 1.08 bits per heavy atom. The van der Waals surface area contributed by atoms with Crippen LogP contribution in [-0.2, 0) is 20.1 Å². The molecular formula is C29H37N7O3. The molecule has 1 fully saturated rings. The van der Waals surface area contributed by atoms with E-state index in [-0.39, 0.29) is 18.5 Å². The van der Waals surface area contributed by atoms with Gasteiger partial charge in [0.05, 0.1) is 24.1 Å². The van der Waals surface area contributed by atoms with Crippen molar-refractivity contribution in [2.45, 2.75) is 32.9 Å².